The van der Waals surface area contributed by atoms with E-state index in [9.17, 15) is 0 Å². The van der Waals surface area contributed by atoms with Gasteiger partial charge in [0.2, 0.25) is 0 Å². The molecule has 1 heteroatoms. The van der Waals surface area contributed by atoms with Crippen molar-refractivity contribution < 1.29 is 0 Å². The van der Waals surface area contributed by atoms with E-state index in [2.05, 4.69) is 64.9 Å². The van der Waals surface area contributed by atoms with Gasteiger partial charge in [-0.3, -0.25) is 0 Å². The predicted molar refractivity (Wildman–Crippen MR) is 89.2 cm³/mol. The highest BCUT2D eigenvalue weighted by Gasteiger charge is 2.17. The first-order valence-corrected chi connectivity index (χ1v) is 7.88. The lowest BCUT2D eigenvalue weighted by Crippen LogP contribution is -1.97. The van der Waals surface area contributed by atoms with Crippen LogP contribution in [0.2, 0.25) is 0 Å². The zero-order valence-electron chi connectivity index (χ0n) is 12.2. The highest BCUT2D eigenvalue weighted by molar-refractivity contribution is 6.07. The number of hydrogen-bond acceptors (Lipinski definition) is 0. The zero-order chi connectivity index (χ0) is 14.1. The maximum Gasteiger partial charge on any atom is 0.0491 e. The molecule has 0 amide bonds. The summed E-state index contributed by atoms with van der Waals surface area (Å²) < 4.78 is 2.45. The minimum atomic E-state index is 0.721. The molecule has 21 heavy (non-hydrogen) atoms. The van der Waals surface area contributed by atoms with Gasteiger partial charge in [0, 0.05) is 40.7 Å². The number of para-hydroxylation sites is 2. The van der Waals surface area contributed by atoms with Crippen molar-refractivity contribution in [1.29, 1.82) is 0 Å². The Kier molecular flexibility index (Phi) is 3.16. The Bertz CT molecular complexity index is 787. The summed E-state index contributed by atoms with van der Waals surface area (Å²) in [4.78, 5) is 0. The van der Waals surface area contributed by atoms with E-state index in [1.54, 1.807) is 0 Å². The minimum absolute atomic E-state index is 0.721. The van der Waals surface area contributed by atoms with Gasteiger partial charge in [-0.2, -0.15) is 0 Å². The number of benzene rings is 2. The summed E-state index contributed by atoms with van der Waals surface area (Å²) in [6.07, 6.45) is 4.78. The fourth-order valence-corrected chi connectivity index (χ4v) is 3.01. The highest BCUT2D eigenvalue weighted by Crippen LogP contribution is 2.29. The van der Waals surface area contributed by atoms with Gasteiger partial charge >= 0.3 is 0 Å². The summed E-state index contributed by atoms with van der Waals surface area (Å²) in [6, 6.07) is 17.4. The smallest absolute Gasteiger partial charge is 0.0491 e. The number of rotatable bonds is 3. The van der Waals surface area contributed by atoms with Crippen molar-refractivity contribution in [3.63, 3.8) is 0 Å². The van der Waals surface area contributed by atoms with Crippen molar-refractivity contribution >= 4 is 21.8 Å². The third-order valence-corrected chi connectivity index (χ3v) is 4.25. The SMILES string of the molecule is C(#CC1CC1)CCCn1c2ccccc2c2ccccc21. The Morgan fingerprint density at radius 3 is 2.14 bits per heavy atom. The van der Waals surface area contributed by atoms with Crippen molar-refractivity contribution in [1.82, 2.24) is 4.57 Å². The third-order valence-electron chi connectivity index (χ3n) is 4.25. The van der Waals surface area contributed by atoms with E-state index in [0.29, 0.717) is 0 Å². The van der Waals surface area contributed by atoms with Crippen LogP contribution in [0, 0.1) is 17.8 Å². The summed E-state index contributed by atoms with van der Waals surface area (Å²) in [5.74, 6) is 7.41. The molecule has 4 rings (SSSR count). The molecular formula is C20H19N. The number of aryl methyl sites for hydroxylation is 1. The average molecular weight is 273 g/mol. The second-order valence-corrected chi connectivity index (χ2v) is 5.88. The largest absolute Gasteiger partial charge is 0.340 e. The average Bonchev–Trinajstić information content (AvgIpc) is 3.30. The van der Waals surface area contributed by atoms with Crippen molar-refractivity contribution in [2.24, 2.45) is 5.92 Å². The van der Waals surface area contributed by atoms with E-state index < -0.39 is 0 Å². The Labute approximate surface area is 125 Å². The maximum absolute atomic E-state index is 3.35. The van der Waals surface area contributed by atoms with Crippen molar-refractivity contribution in [3.8, 4) is 11.8 Å². The van der Waals surface area contributed by atoms with Crippen LogP contribution in [0.25, 0.3) is 21.8 Å². The normalized spacial score (nSPS) is 14.3. The molecule has 0 aliphatic heterocycles. The molecule has 1 nitrogen and oxygen atoms in total. The van der Waals surface area contributed by atoms with E-state index in [1.165, 1.54) is 34.6 Å². The number of aromatic nitrogens is 1. The lowest BCUT2D eigenvalue weighted by Gasteiger charge is -2.05. The first-order chi connectivity index (χ1) is 10.4. The van der Waals surface area contributed by atoms with Crippen molar-refractivity contribution in [2.75, 3.05) is 0 Å². The Balaban J connectivity index is 1.64. The summed E-state index contributed by atoms with van der Waals surface area (Å²) in [5.41, 5.74) is 2.68. The van der Waals surface area contributed by atoms with Crippen LogP contribution in [0.1, 0.15) is 25.7 Å². The number of fused-ring (bicyclic) bond motifs is 3. The molecule has 3 aromatic rings. The second kappa shape index (κ2) is 5.30. The molecule has 0 atom stereocenters. The molecule has 1 fully saturated rings. The quantitative estimate of drug-likeness (QED) is 0.468. The van der Waals surface area contributed by atoms with Gasteiger partial charge in [0.05, 0.1) is 0 Å². The van der Waals surface area contributed by atoms with E-state index in [-0.39, 0.29) is 0 Å². The van der Waals surface area contributed by atoms with Crippen molar-refractivity contribution in [3.05, 3.63) is 48.5 Å². The van der Waals surface area contributed by atoms with Gasteiger partial charge in [-0.25, -0.2) is 0 Å². The first-order valence-electron chi connectivity index (χ1n) is 7.88. The maximum atomic E-state index is 3.35. The predicted octanol–water partition coefficient (Wildman–Crippen LogP) is 4.99. The van der Waals surface area contributed by atoms with Gasteiger partial charge < -0.3 is 4.57 Å². The minimum Gasteiger partial charge on any atom is -0.340 e. The lowest BCUT2D eigenvalue weighted by molar-refractivity contribution is 0.694. The van der Waals surface area contributed by atoms with E-state index in [4.69, 9.17) is 0 Å². The van der Waals surface area contributed by atoms with Crippen LogP contribution in [-0.4, -0.2) is 4.57 Å². The monoisotopic (exact) mass is 273 g/mol. The lowest BCUT2D eigenvalue weighted by atomic mass is 10.2. The van der Waals surface area contributed by atoms with Crippen molar-refractivity contribution in [2.45, 2.75) is 32.2 Å². The highest BCUT2D eigenvalue weighted by atomic mass is 15.0. The van der Waals surface area contributed by atoms with Crippen LogP contribution >= 0.6 is 0 Å². The molecular weight excluding hydrogens is 254 g/mol. The van der Waals surface area contributed by atoms with Gasteiger partial charge in [-0.1, -0.05) is 42.3 Å². The number of unbranched alkanes of at least 4 members (excludes halogenated alkanes) is 1. The molecule has 0 unspecified atom stereocenters. The molecule has 0 N–H and O–H groups in total. The van der Waals surface area contributed by atoms with Crippen LogP contribution in [0.5, 0.6) is 0 Å². The van der Waals surface area contributed by atoms with Gasteiger partial charge in [-0.15, -0.1) is 5.92 Å². The molecule has 1 aliphatic carbocycles. The number of hydrogen-bond donors (Lipinski definition) is 0. The molecule has 0 radical (unpaired) electrons. The van der Waals surface area contributed by atoms with E-state index in [1.807, 2.05) is 0 Å². The number of nitrogens with zero attached hydrogens (tertiary/aromatic N) is 1. The molecule has 1 saturated carbocycles. The fraction of sp³-hybridized carbons (Fsp3) is 0.300. The third kappa shape index (κ3) is 2.43. The van der Waals surface area contributed by atoms with Crippen LogP contribution in [0.15, 0.2) is 48.5 Å². The van der Waals surface area contributed by atoms with Crippen LogP contribution in [0.3, 0.4) is 0 Å². The van der Waals surface area contributed by atoms with E-state index in [0.717, 1.165) is 25.3 Å². The molecule has 1 heterocycles. The summed E-state index contributed by atoms with van der Waals surface area (Å²) in [5, 5.41) is 2.72. The van der Waals surface area contributed by atoms with Gasteiger partial charge in [0.25, 0.3) is 0 Å². The summed E-state index contributed by atoms with van der Waals surface area (Å²) in [6.45, 7) is 1.05. The van der Waals surface area contributed by atoms with Gasteiger partial charge in [-0.05, 0) is 31.4 Å². The Morgan fingerprint density at radius 2 is 1.52 bits per heavy atom. The molecule has 1 aliphatic rings. The molecule has 1 aromatic heterocycles. The Hall–Kier alpha value is -2.20. The summed E-state index contributed by atoms with van der Waals surface area (Å²) >= 11 is 0. The van der Waals surface area contributed by atoms with Gasteiger partial charge in [0.1, 0.15) is 0 Å². The topological polar surface area (TPSA) is 4.93 Å². The van der Waals surface area contributed by atoms with Crippen LogP contribution in [-0.2, 0) is 6.54 Å². The molecule has 0 spiro atoms. The van der Waals surface area contributed by atoms with Crippen LogP contribution in [0.4, 0.5) is 0 Å². The molecule has 0 saturated heterocycles. The standard InChI is InChI=1S/C20H19N/c1(2-8-16-13-14-16)7-15-21-19-11-5-3-9-17(19)18-10-4-6-12-20(18)21/h3-6,9-12,16H,1,7,13-15H2. The van der Waals surface area contributed by atoms with Gasteiger partial charge in [0.15, 0.2) is 0 Å². The zero-order valence-corrected chi connectivity index (χ0v) is 12.2. The summed E-state index contributed by atoms with van der Waals surface area (Å²) in [7, 11) is 0. The van der Waals surface area contributed by atoms with E-state index >= 15 is 0 Å². The first kappa shape index (κ1) is 12.5. The molecule has 104 valence electrons. The molecule has 0 bridgehead atoms. The fourth-order valence-electron chi connectivity index (χ4n) is 3.01. The van der Waals surface area contributed by atoms with Crippen LogP contribution < -0.4 is 0 Å². The Morgan fingerprint density at radius 1 is 0.905 bits per heavy atom. The second-order valence-electron chi connectivity index (χ2n) is 5.88. The molecule has 2 aromatic carbocycles.